The SMILES string of the molecule is C=C(C)C(=O)Oc1ccc(N(c2ccc(OC(=O)C(=C)C)cc2)c2ccc(C(C)(C)c3ccc(N(c4ccc(C)cc4)c4ccc(C)cc4)cc3)cc2)cc1. The normalized spacial score (nSPS) is 11.0. The van der Waals surface area contributed by atoms with Crippen LogP contribution < -0.4 is 19.3 Å². The number of ether oxygens (including phenoxy) is 2. The lowest BCUT2D eigenvalue weighted by Crippen LogP contribution is -2.19. The van der Waals surface area contributed by atoms with Gasteiger partial charge in [-0.15, -0.1) is 0 Å². The molecule has 55 heavy (non-hydrogen) atoms. The first-order chi connectivity index (χ1) is 26.3. The Kier molecular flexibility index (Phi) is 11.2. The summed E-state index contributed by atoms with van der Waals surface area (Å²) in [6, 6.07) is 49.2. The molecule has 6 nitrogen and oxygen atoms in total. The number of carbonyl (C=O) groups is 2. The van der Waals surface area contributed by atoms with E-state index in [1.165, 1.54) is 16.7 Å². The van der Waals surface area contributed by atoms with Gasteiger partial charge in [0, 0.05) is 50.7 Å². The first-order valence-corrected chi connectivity index (χ1v) is 18.2. The van der Waals surface area contributed by atoms with Gasteiger partial charge in [-0.05, 0) is 136 Å². The predicted octanol–water partition coefficient (Wildman–Crippen LogP) is 12.5. The van der Waals surface area contributed by atoms with Crippen molar-refractivity contribution in [3.05, 3.63) is 192 Å². The Bertz CT molecular complexity index is 2190. The molecule has 0 heterocycles. The minimum atomic E-state index is -0.479. The first kappa shape index (κ1) is 38.1. The summed E-state index contributed by atoms with van der Waals surface area (Å²) < 4.78 is 10.9. The topological polar surface area (TPSA) is 59.1 Å². The van der Waals surface area contributed by atoms with Gasteiger partial charge >= 0.3 is 11.9 Å². The average molecular weight is 727 g/mol. The quantitative estimate of drug-likeness (QED) is 0.0711. The molecule has 0 aliphatic carbocycles. The molecule has 0 bridgehead atoms. The maximum Gasteiger partial charge on any atom is 0.338 e. The van der Waals surface area contributed by atoms with Crippen LogP contribution in [0.15, 0.2) is 170 Å². The second kappa shape index (κ2) is 16.1. The van der Waals surface area contributed by atoms with Gasteiger partial charge in [0.1, 0.15) is 11.5 Å². The van der Waals surface area contributed by atoms with Crippen molar-refractivity contribution in [1.82, 2.24) is 0 Å². The number of anilines is 6. The van der Waals surface area contributed by atoms with Crippen LogP contribution in [0.4, 0.5) is 34.1 Å². The van der Waals surface area contributed by atoms with Crippen LogP contribution in [0, 0.1) is 13.8 Å². The fourth-order valence-electron chi connectivity index (χ4n) is 6.22. The van der Waals surface area contributed by atoms with Crippen LogP contribution in [-0.2, 0) is 15.0 Å². The van der Waals surface area contributed by atoms with Gasteiger partial charge in [-0.2, -0.15) is 0 Å². The monoisotopic (exact) mass is 726 g/mol. The third-order valence-corrected chi connectivity index (χ3v) is 9.59. The van der Waals surface area contributed by atoms with Gasteiger partial charge in [-0.3, -0.25) is 0 Å². The fourth-order valence-corrected chi connectivity index (χ4v) is 6.22. The molecule has 0 aromatic heterocycles. The van der Waals surface area contributed by atoms with E-state index in [0.717, 1.165) is 39.7 Å². The zero-order valence-electron chi connectivity index (χ0n) is 32.3. The fraction of sp³-hybridized carbons (Fsp3) is 0.143. The molecular formula is C49H46N2O4. The molecule has 6 aromatic rings. The zero-order chi connectivity index (χ0) is 39.3. The van der Waals surface area contributed by atoms with Crippen molar-refractivity contribution in [1.29, 1.82) is 0 Å². The molecular weight excluding hydrogens is 681 g/mol. The minimum absolute atomic E-state index is 0.302. The lowest BCUT2D eigenvalue weighted by atomic mass is 9.78. The van der Waals surface area contributed by atoms with Crippen molar-refractivity contribution < 1.29 is 19.1 Å². The maximum absolute atomic E-state index is 12.1. The van der Waals surface area contributed by atoms with Crippen molar-refractivity contribution in [2.45, 2.75) is 47.0 Å². The molecule has 0 saturated carbocycles. The molecule has 0 radical (unpaired) electrons. The van der Waals surface area contributed by atoms with E-state index >= 15 is 0 Å². The smallest absolute Gasteiger partial charge is 0.338 e. The van der Waals surface area contributed by atoms with Crippen molar-refractivity contribution in [3.8, 4) is 11.5 Å². The number of hydrogen-bond acceptors (Lipinski definition) is 6. The lowest BCUT2D eigenvalue weighted by molar-refractivity contribution is -0.130. The number of rotatable bonds is 12. The maximum atomic E-state index is 12.1. The van der Waals surface area contributed by atoms with E-state index in [1.54, 1.807) is 38.1 Å². The molecule has 6 aromatic carbocycles. The predicted molar refractivity (Wildman–Crippen MR) is 225 cm³/mol. The summed E-state index contributed by atoms with van der Waals surface area (Å²) in [5, 5.41) is 0. The second-order valence-corrected chi connectivity index (χ2v) is 14.4. The highest BCUT2D eigenvalue weighted by molar-refractivity contribution is 5.89. The van der Waals surface area contributed by atoms with Gasteiger partial charge in [0.15, 0.2) is 0 Å². The third kappa shape index (κ3) is 8.77. The lowest BCUT2D eigenvalue weighted by Gasteiger charge is -2.30. The molecule has 0 saturated heterocycles. The van der Waals surface area contributed by atoms with Gasteiger partial charge in [-0.1, -0.05) is 86.7 Å². The van der Waals surface area contributed by atoms with Crippen molar-refractivity contribution in [2.24, 2.45) is 0 Å². The summed E-state index contributed by atoms with van der Waals surface area (Å²) in [4.78, 5) is 28.7. The number of esters is 2. The van der Waals surface area contributed by atoms with Crippen LogP contribution in [0.3, 0.4) is 0 Å². The largest absolute Gasteiger partial charge is 0.423 e. The van der Waals surface area contributed by atoms with Gasteiger partial charge in [0.2, 0.25) is 0 Å². The van der Waals surface area contributed by atoms with E-state index < -0.39 is 11.9 Å². The summed E-state index contributed by atoms with van der Waals surface area (Å²) in [7, 11) is 0. The van der Waals surface area contributed by atoms with Crippen LogP contribution in [0.5, 0.6) is 11.5 Å². The molecule has 0 N–H and O–H groups in total. The van der Waals surface area contributed by atoms with Crippen molar-refractivity contribution in [3.63, 3.8) is 0 Å². The van der Waals surface area contributed by atoms with Crippen LogP contribution in [0.2, 0.25) is 0 Å². The molecule has 0 fully saturated rings. The summed E-state index contributed by atoms with van der Waals surface area (Å²) in [5.74, 6) is -0.121. The number of nitrogens with zero attached hydrogens (tertiary/aromatic N) is 2. The van der Waals surface area contributed by atoms with E-state index in [4.69, 9.17) is 9.47 Å². The van der Waals surface area contributed by atoms with E-state index in [-0.39, 0.29) is 5.41 Å². The van der Waals surface area contributed by atoms with Crippen molar-refractivity contribution in [2.75, 3.05) is 9.80 Å². The molecule has 0 atom stereocenters. The highest BCUT2D eigenvalue weighted by Gasteiger charge is 2.25. The summed E-state index contributed by atoms with van der Waals surface area (Å²) in [6.07, 6.45) is 0. The molecule has 0 unspecified atom stereocenters. The second-order valence-electron chi connectivity index (χ2n) is 14.4. The Morgan fingerprint density at radius 2 is 0.673 bits per heavy atom. The van der Waals surface area contributed by atoms with E-state index in [2.05, 4.69) is 148 Å². The zero-order valence-corrected chi connectivity index (χ0v) is 32.3. The Hall–Kier alpha value is -6.66. The Morgan fingerprint density at radius 1 is 0.436 bits per heavy atom. The van der Waals surface area contributed by atoms with Crippen molar-refractivity contribution >= 4 is 46.1 Å². The number of carbonyl (C=O) groups excluding carboxylic acids is 2. The van der Waals surface area contributed by atoms with Gasteiger partial charge in [0.25, 0.3) is 0 Å². The Morgan fingerprint density at radius 3 is 0.927 bits per heavy atom. The molecule has 6 heteroatoms. The summed E-state index contributed by atoms with van der Waals surface area (Å²) >= 11 is 0. The standard InChI is InChI=1S/C49H46N2O4/c1-33(2)47(52)54-45-29-25-43(26-30-45)51(44-27-31-46(32-28-44)55-48(53)34(3)4)42-23-15-38(16-24-42)49(7,8)37-13-21-41(22-14-37)50(39-17-9-35(5)10-18-39)40-19-11-36(6)12-20-40/h9-32H,1,3H2,2,4-8H3. The highest BCUT2D eigenvalue weighted by atomic mass is 16.5. The average Bonchev–Trinajstić information content (AvgIpc) is 3.18. The van der Waals surface area contributed by atoms with E-state index in [0.29, 0.717) is 22.6 Å². The number of benzene rings is 6. The molecule has 6 rings (SSSR count). The molecule has 0 aliphatic rings. The molecule has 276 valence electrons. The van der Waals surface area contributed by atoms with Crippen LogP contribution in [0.1, 0.15) is 49.9 Å². The number of aryl methyl sites for hydroxylation is 2. The molecule has 0 aliphatic heterocycles. The van der Waals surface area contributed by atoms with Crippen LogP contribution >= 0.6 is 0 Å². The molecule has 0 spiro atoms. The Balaban J connectivity index is 1.30. The minimum Gasteiger partial charge on any atom is -0.423 e. The van der Waals surface area contributed by atoms with Crippen LogP contribution in [0.25, 0.3) is 0 Å². The summed E-state index contributed by atoms with van der Waals surface area (Å²) in [5.41, 5.74) is 11.0. The van der Waals surface area contributed by atoms with Gasteiger partial charge in [-0.25, -0.2) is 9.59 Å². The number of hydrogen-bond donors (Lipinski definition) is 0. The van der Waals surface area contributed by atoms with E-state index in [1.807, 2.05) is 24.3 Å². The van der Waals surface area contributed by atoms with Gasteiger partial charge in [0.05, 0.1) is 0 Å². The Labute approximate surface area is 324 Å². The van der Waals surface area contributed by atoms with E-state index in [9.17, 15) is 9.59 Å². The molecule has 0 amide bonds. The van der Waals surface area contributed by atoms with Crippen LogP contribution in [-0.4, -0.2) is 11.9 Å². The highest BCUT2D eigenvalue weighted by Crippen LogP contribution is 2.40. The van der Waals surface area contributed by atoms with Gasteiger partial charge < -0.3 is 19.3 Å². The first-order valence-electron chi connectivity index (χ1n) is 18.2. The summed E-state index contributed by atoms with van der Waals surface area (Å²) in [6.45, 7) is 19.3. The third-order valence-electron chi connectivity index (χ3n) is 9.59.